The molecular formula is C11H20N4O. The highest BCUT2D eigenvalue weighted by Gasteiger charge is 2.11. The van der Waals surface area contributed by atoms with Crippen molar-refractivity contribution in [3.8, 4) is 0 Å². The van der Waals surface area contributed by atoms with E-state index in [4.69, 9.17) is 5.73 Å². The third-order valence-corrected chi connectivity index (χ3v) is 2.56. The minimum atomic E-state index is -0.0913. The van der Waals surface area contributed by atoms with Crippen LogP contribution in [0.25, 0.3) is 0 Å². The van der Waals surface area contributed by atoms with Gasteiger partial charge in [0, 0.05) is 19.6 Å². The Morgan fingerprint density at radius 2 is 2.38 bits per heavy atom. The first kappa shape index (κ1) is 12.7. The molecular weight excluding hydrogens is 204 g/mol. The van der Waals surface area contributed by atoms with Crippen LogP contribution in [0, 0.1) is 6.92 Å². The van der Waals surface area contributed by atoms with Crippen LogP contribution < -0.4 is 11.1 Å². The number of rotatable bonds is 5. The van der Waals surface area contributed by atoms with Gasteiger partial charge in [0.25, 0.3) is 5.91 Å². The summed E-state index contributed by atoms with van der Waals surface area (Å²) in [7, 11) is 1.76. The van der Waals surface area contributed by atoms with Crippen molar-refractivity contribution in [2.45, 2.75) is 32.7 Å². The largest absolute Gasteiger partial charge is 0.351 e. The molecule has 0 radical (unpaired) electrons. The molecule has 1 heterocycles. The van der Waals surface area contributed by atoms with Crippen molar-refractivity contribution >= 4 is 5.91 Å². The zero-order valence-corrected chi connectivity index (χ0v) is 10.2. The van der Waals surface area contributed by atoms with Crippen LogP contribution in [0.2, 0.25) is 0 Å². The van der Waals surface area contributed by atoms with Crippen molar-refractivity contribution in [1.29, 1.82) is 0 Å². The van der Waals surface area contributed by atoms with Gasteiger partial charge in [0.05, 0.1) is 5.69 Å². The molecule has 5 nitrogen and oxygen atoms in total. The van der Waals surface area contributed by atoms with Gasteiger partial charge in [-0.15, -0.1) is 0 Å². The number of amides is 1. The lowest BCUT2D eigenvalue weighted by Crippen LogP contribution is -2.31. The third-order valence-electron chi connectivity index (χ3n) is 2.56. The molecule has 1 atom stereocenters. The first-order valence-corrected chi connectivity index (χ1v) is 5.59. The monoisotopic (exact) mass is 224 g/mol. The Kier molecular flexibility index (Phi) is 4.49. The van der Waals surface area contributed by atoms with Crippen LogP contribution in [-0.4, -0.2) is 28.3 Å². The highest BCUT2D eigenvalue weighted by molar-refractivity contribution is 5.92. The molecule has 1 aromatic heterocycles. The molecule has 0 bridgehead atoms. The summed E-state index contributed by atoms with van der Waals surface area (Å²) < 4.78 is 1.59. The molecule has 3 N–H and O–H groups in total. The normalized spacial score (nSPS) is 12.5. The van der Waals surface area contributed by atoms with Crippen LogP contribution in [-0.2, 0) is 7.05 Å². The van der Waals surface area contributed by atoms with Crippen molar-refractivity contribution in [2.75, 3.05) is 6.54 Å². The van der Waals surface area contributed by atoms with E-state index in [2.05, 4.69) is 10.4 Å². The summed E-state index contributed by atoms with van der Waals surface area (Å²) >= 11 is 0. The first-order chi connectivity index (χ1) is 7.54. The Hall–Kier alpha value is -1.36. The van der Waals surface area contributed by atoms with Crippen LogP contribution in [0.15, 0.2) is 6.07 Å². The lowest BCUT2D eigenvalue weighted by molar-refractivity contribution is 0.0943. The van der Waals surface area contributed by atoms with E-state index in [-0.39, 0.29) is 11.9 Å². The zero-order chi connectivity index (χ0) is 12.1. The fraction of sp³-hybridized carbons (Fsp3) is 0.636. The van der Waals surface area contributed by atoms with Gasteiger partial charge >= 0.3 is 0 Å². The minimum absolute atomic E-state index is 0.0913. The molecule has 16 heavy (non-hydrogen) atoms. The van der Waals surface area contributed by atoms with E-state index in [9.17, 15) is 4.79 Å². The number of nitrogens with two attached hydrogens (primary N) is 1. The molecule has 0 aromatic carbocycles. The van der Waals surface area contributed by atoms with Crippen molar-refractivity contribution < 1.29 is 4.79 Å². The molecule has 5 heteroatoms. The van der Waals surface area contributed by atoms with Crippen molar-refractivity contribution in [2.24, 2.45) is 12.8 Å². The Morgan fingerprint density at radius 3 is 2.88 bits per heavy atom. The average molecular weight is 224 g/mol. The van der Waals surface area contributed by atoms with Crippen molar-refractivity contribution in [3.05, 3.63) is 17.5 Å². The van der Waals surface area contributed by atoms with Gasteiger partial charge in [-0.2, -0.15) is 5.10 Å². The van der Waals surface area contributed by atoms with Gasteiger partial charge in [0.2, 0.25) is 0 Å². The van der Waals surface area contributed by atoms with Crippen LogP contribution in [0.3, 0.4) is 0 Å². The van der Waals surface area contributed by atoms with Crippen molar-refractivity contribution in [3.63, 3.8) is 0 Å². The van der Waals surface area contributed by atoms with E-state index in [0.717, 1.165) is 18.5 Å². The smallest absolute Gasteiger partial charge is 0.269 e. The molecule has 0 spiro atoms. The number of hydrogen-bond donors (Lipinski definition) is 2. The highest BCUT2D eigenvalue weighted by Crippen LogP contribution is 2.01. The average Bonchev–Trinajstić information content (AvgIpc) is 2.57. The van der Waals surface area contributed by atoms with Crippen LogP contribution >= 0.6 is 0 Å². The Labute approximate surface area is 96.0 Å². The molecule has 1 aromatic rings. The summed E-state index contributed by atoms with van der Waals surface area (Å²) in [4.78, 5) is 11.7. The molecule has 0 aliphatic rings. The van der Waals surface area contributed by atoms with Gasteiger partial charge in [0.1, 0.15) is 5.69 Å². The minimum Gasteiger partial charge on any atom is -0.351 e. The topological polar surface area (TPSA) is 72.9 Å². The molecule has 90 valence electrons. The Morgan fingerprint density at radius 1 is 1.69 bits per heavy atom. The van der Waals surface area contributed by atoms with Gasteiger partial charge < -0.3 is 11.1 Å². The summed E-state index contributed by atoms with van der Waals surface area (Å²) in [6.45, 7) is 4.51. The molecule has 0 aliphatic carbocycles. The van der Waals surface area contributed by atoms with Gasteiger partial charge in [0.15, 0.2) is 0 Å². The second kappa shape index (κ2) is 5.65. The lowest BCUT2D eigenvalue weighted by atomic mass is 10.2. The Bertz CT molecular complexity index is 359. The summed E-state index contributed by atoms with van der Waals surface area (Å²) in [6.07, 6.45) is 1.74. The van der Waals surface area contributed by atoms with E-state index in [1.165, 1.54) is 0 Å². The van der Waals surface area contributed by atoms with E-state index >= 15 is 0 Å². The Balaban J connectivity index is 2.44. The number of aromatic nitrogens is 2. The fourth-order valence-corrected chi connectivity index (χ4v) is 1.49. The second-order valence-corrected chi connectivity index (χ2v) is 4.01. The summed E-state index contributed by atoms with van der Waals surface area (Å²) in [5.41, 5.74) is 7.19. The van der Waals surface area contributed by atoms with Gasteiger partial charge in [-0.1, -0.05) is 6.92 Å². The standard InChI is InChI=1S/C11H20N4O/c1-4-9(12)5-6-13-11(16)10-7-8(2)14-15(10)3/h7,9H,4-6,12H2,1-3H3,(H,13,16). The molecule has 1 amide bonds. The van der Waals surface area contributed by atoms with Crippen LogP contribution in [0.1, 0.15) is 35.9 Å². The van der Waals surface area contributed by atoms with Gasteiger partial charge in [-0.3, -0.25) is 9.48 Å². The number of carbonyl (C=O) groups is 1. The molecule has 0 saturated carbocycles. The van der Waals surface area contributed by atoms with Gasteiger partial charge in [-0.25, -0.2) is 0 Å². The van der Waals surface area contributed by atoms with Gasteiger partial charge in [-0.05, 0) is 25.8 Å². The number of hydrogen-bond acceptors (Lipinski definition) is 3. The van der Waals surface area contributed by atoms with E-state index < -0.39 is 0 Å². The SMILES string of the molecule is CCC(N)CCNC(=O)c1cc(C)nn1C. The quantitative estimate of drug-likeness (QED) is 0.768. The van der Waals surface area contributed by atoms with Crippen molar-refractivity contribution in [1.82, 2.24) is 15.1 Å². The summed E-state index contributed by atoms with van der Waals surface area (Å²) in [6, 6.07) is 1.93. The van der Waals surface area contributed by atoms with E-state index in [1.807, 2.05) is 13.8 Å². The first-order valence-electron chi connectivity index (χ1n) is 5.59. The lowest BCUT2D eigenvalue weighted by Gasteiger charge is -2.09. The maximum atomic E-state index is 11.7. The molecule has 1 unspecified atom stereocenters. The van der Waals surface area contributed by atoms with E-state index in [1.54, 1.807) is 17.8 Å². The summed E-state index contributed by atoms with van der Waals surface area (Å²) in [5.74, 6) is -0.0913. The zero-order valence-electron chi connectivity index (χ0n) is 10.2. The summed E-state index contributed by atoms with van der Waals surface area (Å²) in [5, 5.41) is 6.96. The molecule has 0 saturated heterocycles. The predicted molar refractivity (Wildman–Crippen MR) is 63.2 cm³/mol. The van der Waals surface area contributed by atoms with E-state index in [0.29, 0.717) is 12.2 Å². The third kappa shape index (κ3) is 3.34. The highest BCUT2D eigenvalue weighted by atomic mass is 16.2. The predicted octanol–water partition coefficient (Wildman–Crippen LogP) is 0.586. The number of nitrogens with one attached hydrogen (secondary N) is 1. The number of nitrogens with zero attached hydrogens (tertiary/aromatic N) is 2. The maximum absolute atomic E-state index is 11.7. The van der Waals surface area contributed by atoms with Crippen LogP contribution in [0.4, 0.5) is 0 Å². The number of carbonyl (C=O) groups excluding carboxylic acids is 1. The molecule has 0 fully saturated rings. The number of aryl methyl sites for hydroxylation is 2. The molecule has 0 aliphatic heterocycles. The van der Waals surface area contributed by atoms with Crippen LogP contribution in [0.5, 0.6) is 0 Å². The molecule has 1 rings (SSSR count). The maximum Gasteiger partial charge on any atom is 0.269 e. The fourth-order valence-electron chi connectivity index (χ4n) is 1.49. The second-order valence-electron chi connectivity index (χ2n) is 4.01.